The third-order valence-corrected chi connectivity index (χ3v) is 3.44. The first kappa shape index (κ1) is 14.9. The molecule has 0 aliphatic carbocycles. The first-order valence-electron chi connectivity index (χ1n) is 7.40. The third-order valence-electron chi connectivity index (χ3n) is 3.44. The molecule has 0 fully saturated rings. The minimum absolute atomic E-state index is 0.352. The Balaban J connectivity index is 1.61. The fourth-order valence-electron chi connectivity index (χ4n) is 2.33. The van der Waals surface area contributed by atoms with E-state index < -0.39 is 0 Å². The van der Waals surface area contributed by atoms with Gasteiger partial charge in [-0.25, -0.2) is 4.98 Å². The molecule has 0 spiro atoms. The molecule has 1 heterocycles. The van der Waals surface area contributed by atoms with Crippen LogP contribution in [-0.2, 0) is 6.42 Å². The molecule has 0 radical (unpaired) electrons. The average molecular weight is 309 g/mol. The van der Waals surface area contributed by atoms with E-state index in [9.17, 15) is 0 Å². The number of nitrogens with zero attached hydrogens (tertiary/aromatic N) is 2. The van der Waals surface area contributed by atoms with Gasteiger partial charge in [-0.1, -0.05) is 24.3 Å². The zero-order valence-electron chi connectivity index (χ0n) is 12.9. The van der Waals surface area contributed by atoms with Crippen LogP contribution in [0.3, 0.4) is 0 Å². The molecule has 1 aromatic heterocycles. The fourth-order valence-corrected chi connectivity index (χ4v) is 2.33. The van der Waals surface area contributed by atoms with Gasteiger partial charge in [0.2, 0.25) is 0 Å². The standard InChI is InChI=1S/C17H19N5O/c1-23-15-9-5-4-8-14(15)22-17(18)19-11-10-16-20-12-6-2-3-7-13(12)21-16/h2-9H,10-11H2,1H3,(H,20,21)(H3,18,19,22). The topological polar surface area (TPSA) is 88.3 Å². The lowest BCUT2D eigenvalue weighted by atomic mass is 10.3. The van der Waals surface area contributed by atoms with E-state index in [-0.39, 0.29) is 0 Å². The highest BCUT2D eigenvalue weighted by molar-refractivity contribution is 5.93. The van der Waals surface area contributed by atoms with Crippen molar-refractivity contribution in [2.24, 2.45) is 10.7 Å². The minimum Gasteiger partial charge on any atom is -0.495 e. The molecule has 4 N–H and O–H groups in total. The van der Waals surface area contributed by atoms with E-state index in [0.29, 0.717) is 18.9 Å². The van der Waals surface area contributed by atoms with Gasteiger partial charge in [0.15, 0.2) is 5.96 Å². The van der Waals surface area contributed by atoms with E-state index in [1.54, 1.807) is 7.11 Å². The van der Waals surface area contributed by atoms with Gasteiger partial charge >= 0.3 is 0 Å². The van der Waals surface area contributed by atoms with E-state index in [0.717, 1.165) is 28.3 Å². The van der Waals surface area contributed by atoms with Gasteiger partial charge in [0, 0.05) is 13.0 Å². The molecule has 0 amide bonds. The summed E-state index contributed by atoms with van der Waals surface area (Å²) in [5.41, 5.74) is 8.71. The monoisotopic (exact) mass is 309 g/mol. The number of methoxy groups -OCH3 is 1. The number of fused-ring (bicyclic) bond motifs is 1. The molecule has 118 valence electrons. The van der Waals surface area contributed by atoms with Crippen LogP contribution in [-0.4, -0.2) is 29.6 Å². The van der Waals surface area contributed by atoms with Crippen molar-refractivity contribution in [3.8, 4) is 5.75 Å². The Kier molecular flexibility index (Phi) is 4.42. The van der Waals surface area contributed by atoms with Gasteiger partial charge in [0.25, 0.3) is 0 Å². The molecule has 6 nitrogen and oxygen atoms in total. The number of anilines is 1. The number of aromatic amines is 1. The van der Waals surface area contributed by atoms with Crippen molar-refractivity contribution in [3.05, 3.63) is 54.4 Å². The van der Waals surface area contributed by atoms with Gasteiger partial charge in [-0.15, -0.1) is 0 Å². The molecule has 3 aromatic rings. The molecule has 0 aliphatic rings. The summed E-state index contributed by atoms with van der Waals surface area (Å²) in [6.07, 6.45) is 0.697. The summed E-state index contributed by atoms with van der Waals surface area (Å²) in [6, 6.07) is 15.5. The zero-order valence-corrected chi connectivity index (χ0v) is 12.9. The highest BCUT2D eigenvalue weighted by atomic mass is 16.5. The number of nitrogens with one attached hydrogen (secondary N) is 2. The second-order valence-corrected chi connectivity index (χ2v) is 5.04. The largest absolute Gasteiger partial charge is 0.495 e. The van der Waals surface area contributed by atoms with E-state index in [1.165, 1.54) is 0 Å². The van der Waals surface area contributed by atoms with Crippen molar-refractivity contribution in [3.63, 3.8) is 0 Å². The van der Waals surface area contributed by atoms with Crippen LogP contribution in [0.5, 0.6) is 5.75 Å². The summed E-state index contributed by atoms with van der Waals surface area (Å²) in [5.74, 6) is 1.98. The van der Waals surface area contributed by atoms with Gasteiger partial charge in [-0.3, -0.25) is 4.99 Å². The van der Waals surface area contributed by atoms with Crippen molar-refractivity contribution in [2.45, 2.75) is 6.42 Å². The van der Waals surface area contributed by atoms with Gasteiger partial charge in [0.1, 0.15) is 11.6 Å². The molecule has 0 unspecified atom stereocenters. The number of hydrogen-bond acceptors (Lipinski definition) is 3. The lowest BCUT2D eigenvalue weighted by molar-refractivity contribution is 0.417. The molecular formula is C17H19N5O. The molecule has 0 saturated carbocycles. The molecular weight excluding hydrogens is 290 g/mol. The summed E-state index contributed by atoms with van der Waals surface area (Å²) < 4.78 is 5.27. The van der Waals surface area contributed by atoms with E-state index in [4.69, 9.17) is 10.5 Å². The Bertz CT molecular complexity index is 791. The lowest BCUT2D eigenvalue weighted by Crippen LogP contribution is -2.23. The first-order chi connectivity index (χ1) is 11.3. The lowest BCUT2D eigenvalue weighted by Gasteiger charge is -2.09. The molecule has 6 heteroatoms. The Hall–Kier alpha value is -3.02. The van der Waals surface area contributed by atoms with Crippen molar-refractivity contribution in [1.29, 1.82) is 0 Å². The van der Waals surface area contributed by atoms with Crippen LogP contribution in [0.4, 0.5) is 5.69 Å². The SMILES string of the molecule is COc1ccccc1NC(N)=NCCc1nc2ccccc2[nH]1. The molecule has 0 bridgehead atoms. The first-order valence-corrected chi connectivity index (χ1v) is 7.40. The normalized spacial score (nSPS) is 11.6. The van der Waals surface area contributed by atoms with Crippen LogP contribution in [0.2, 0.25) is 0 Å². The maximum absolute atomic E-state index is 5.92. The van der Waals surface area contributed by atoms with Crippen molar-refractivity contribution >= 4 is 22.7 Å². The Morgan fingerprint density at radius 1 is 1.22 bits per heavy atom. The Morgan fingerprint density at radius 3 is 2.83 bits per heavy atom. The number of benzene rings is 2. The quantitative estimate of drug-likeness (QED) is 0.499. The van der Waals surface area contributed by atoms with Crippen LogP contribution in [0.1, 0.15) is 5.82 Å². The van der Waals surface area contributed by atoms with E-state index in [2.05, 4.69) is 20.3 Å². The highest BCUT2D eigenvalue weighted by Gasteiger charge is 2.03. The van der Waals surface area contributed by atoms with Gasteiger partial charge < -0.3 is 20.8 Å². The van der Waals surface area contributed by atoms with Gasteiger partial charge in [0.05, 0.1) is 23.8 Å². The van der Waals surface area contributed by atoms with Crippen LogP contribution in [0, 0.1) is 0 Å². The second-order valence-electron chi connectivity index (χ2n) is 5.04. The molecule has 3 rings (SSSR count). The summed E-state index contributed by atoms with van der Waals surface area (Å²) in [6.45, 7) is 0.549. The number of H-pyrrole nitrogens is 1. The Morgan fingerprint density at radius 2 is 2.00 bits per heavy atom. The highest BCUT2D eigenvalue weighted by Crippen LogP contribution is 2.22. The van der Waals surface area contributed by atoms with Crippen LogP contribution in [0.15, 0.2) is 53.5 Å². The molecule has 0 saturated heterocycles. The minimum atomic E-state index is 0.352. The number of rotatable bonds is 5. The number of hydrogen-bond donors (Lipinski definition) is 3. The van der Waals surface area contributed by atoms with Gasteiger partial charge in [-0.2, -0.15) is 0 Å². The number of nitrogens with two attached hydrogens (primary N) is 1. The second kappa shape index (κ2) is 6.83. The summed E-state index contributed by atoms with van der Waals surface area (Å²) in [7, 11) is 1.62. The number of imidazole rings is 1. The summed E-state index contributed by atoms with van der Waals surface area (Å²) in [4.78, 5) is 12.1. The number of aromatic nitrogens is 2. The van der Waals surface area contributed by atoms with E-state index >= 15 is 0 Å². The molecule has 0 atom stereocenters. The van der Waals surface area contributed by atoms with Crippen LogP contribution < -0.4 is 15.8 Å². The number of guanidine groups is 1. The average Bonchev–Trinajstić information content (AvgIpc) is 2.98. The number of ether oxygens (including phenoxy) is 1. The third kappa shape index (κ3) is 3.60. The summed E-state index contributed by atoms with van der Waals surface area (Å²) >= 11 is 0. The predicted octanol–water partition coefficient (Wildman–Crippen LogP) is 2.54. The maximum atomic E-state index is 5.92. The molecule has 23 heavy (non-hydrogen) atoms. The van der Waals surface area contributed by atoms with Gasteiger partial charge in [-0.05, 0) is 24.3 Å². The van der Waals surface area contributed by atoms with Crippen molar-refractivity contribution in [2.75, 3.05) is 19.0 Å². The summed E-state index contributed by atoms with van der Waals surface area (Å²) in [5, 5.41) is 3.05. The van der Waals surface area contributed by atoms with Crippen LogP contribution >= 0.6 is 0 Å². The molecule has 0 aliphatic heterocycles. The number of para-hydroxylation sites is 4. The van der Waals surface area contributed by atoms with Crippen molar-refractivity contribution < 1.29 is 4.74 Å². The smallest absolute Gasteiger partial charge is 0.193 e. The zero-order chi connectivity index (χ0) is 16.1. The predicted molar refractivity (Wildman–Crippen MR) is 92.9 cm³/mol. The number of aliphatic imine (C=N–C) groups is 1. The maximum Gasteiger partial charge on any atom is 0.193 e. The van der Waals surface area contributed by atoms with E-state index in [1.807, 2.05) is 48.5 Å². The Labute approximate surface area is 134 Å². The van der Waals surface area contributed by atoms with Crippen molar-refractivity contribution in [1.82, 2.24) is 9.97 Å². The molecule has 2 aromatic carbocycles. The fraction of sp³-hybridized carbons (Fsp3) is 0.176. The van der Waals surface area contributed by atoms with Crippen LogP contribution in [0.25, 0.3) is 11.0 Å².